The fourth-order valence-electron chi connectivity index (χ4n) is 2.76. The lowest BCUT2D eigenvalue weighted by atomic mass is 9.95. The van der Waals surface area contributed by atoms with Crippen molar-refractivity contribution in [1.29, 1.82) is 0 Å². The molecule has 2 aliphatic rings. The molecule has 0 fully saturated rings. The maximum absolute atomic E-state index is 11.7. The number of benzene rings is 1. The van der Waals surface area contributed by atoms with Crippen molar-refractivity contribution in [3.05, 3.63) is 29.3 Å². The number of carbonyl (C=O) groups is 2. The van der Waals surface area contributed by atoms with E-state index in [1.165, 1.54) is 5.01 Å². The first-order chi connectivity index (χ1) is 9.97. The van der Waals surface area contributed by atoms with Gasteiger partial charge in [0.05, 0.1) is 11.8 Å². The van der Waals surface area contributed by atoms with Crippen LogP contribution in [0.15, 0.2) is 23.3 Å². The number of hydrazone groups is 1. The lowest BCUT2D eigenvalue weighted by Crippen LogP contribution is -2.49. The Morgan fingerprint density at radius 3 is 2.76 bits per heavy atom. The van der Waals surface area contributed by atoms with Crippen molar-refractivity contribution in [2.75, 3.05) is 19.0 Å². The summed E-state index contributed by atoms with van der Waals surface area (Å²) in [6, 6.07) is 5.64. The van der Waals surface area contributed by atoms with Crippen LogP contribution in [-0.2, 0) is 11.2 Å². The van der Waals surface area contributed by atoms with Crippen LogP contribution in [0, 0.1) is 0 Å². The van der Waals surface area contributed by atoms with Crippen molar-refractivity contribution < 1.29 is 9.59 Å². The predicted molar refractivity (Wildman–Crippen MR) is 80.5 cm³/mol. The highest BCUT2D eigenvalue weighted by Gasteiger charge is 2.26. The molecule has 6 heteroatoms. The molecule has 6 nitrogen and oxygen atoms in total. The van der Waals surface area contributed by atoms with E-state index in [1.807, 2.05) is 19.1 Å². The van der Waals surface area contributed by atoms with Gasteiger partial charge in [0.2, 0.25) is 5.91 Å². The van der Waals surface area contributed by atoms with Crippen LogP contribution in [-0.4, -0.2) is 42.8 Å². The molecule has 0 aromatic heterocycles. The minimum Gasteiger partial charge on any atom is -0.328 e. The number of hydrogen-bond donors (Lipinski definition) is 1. The fourth-order valence-corrected chi connectivity index (χ4v) is 2.76. The van der Waals surface area contributed by atoms with Crippen molar-refractivity contribution in [2.24, 2.45) is 5.10 Å². The zero-order chi connectivity index (χ0) is 15.1. The van der Waals surface area contributed by atoms with Crippen LogP contribution in [0.4, 0.5) is 10.5 Å². The first-order valence-corrected chi connectivity index (χ1v) is 7.00. The summed E-state index contributed by atoms with van der Waals surface area (Å²) in [5, 5.41) is 8.53. The normalized spacial score (nSPS) is 21.9. The first kappa shape index (κ1) is 13.6. The number of nitrogens with one attached hydrogen (secondary N) is 1. The maximum atomic E-state index is 11.7. The van der Waals surface area contributed by atoms with Crippen LogP contribution in [0.1, 0.15) is 24.5 Å². The average Bonchev–Trinajstić information content (AvgIpc) is 2.46. The Morgan fingerprint density at radius 2 is 2.00 bits per heavy atom. The molecule has 1 aromatic carbocycles. The summed E-state index contributed by atoms with van der Waals surface area (Å²) >= 11 is 0. The van der Waals surface area contributed by atoms with Crippen LogP contribution in [0.5, 0.6) is 0 Å². The van der Waals surface area contributed by atoms with Crippen molar-refractivity contribution >= 4 is 23.3 Å². The Bertz CT molecular complexity index is 653. The molecule has 0 spiro atoms. The Labute approximate surface area is 123 Å². The van der Waals surface area contributed by atoms with Crippen molar-refractivity contribution in [3.8, 4) is 0 Å². The van der Waals surface area contributed by atoms with E-state index in [-0.39, 0.29) is 18.0 Å². The second-order valence-electron chi connectivity index (χ2n) is 5.48. The maximum Gasteiger partial charge on any atom is 0.338 e. The Hall–Kier alpha value is -2.37. The number of fused-ring (bicyclic) bond motifs is 1. The molecule has 2 aliphatic heterocycles. The zero-order valence-electron chi connectivity index (χ0n) is 12.4. The number of nitrogens with zero attached hydrogens (tertiary/aromatic N) is 3. The molecular weight excluding hydrogens is 268 g/mol. The van der Waals surface area contributed by atoms with Crippen molar-refractivity contribution in [1.82, 2.24) is 10.3 Å². The minimum absolute atomic E-state index is 0.130. The summed E-state index contributed by atoms with van der Waals surface area (Å²) in [4.78, 5) is 25.0. The molecule has 3 amide bonds. The molecule has 1 atom stereocenters. The van der Waals surface area contributed by atoms with E-state index in [0.29, 0.717) is 6.42 Å². The Morgan fingerprint density at radius 1 is 1.24 bits per heavy atom. The number of aryl methyl sites for hydroxylation is 1. The third kappa shape index (κ3) is 2.26. The SMILES string of the molecule is CC1NC(=O)N(C)N=C1c1ccc2c(c1)CCC(=O)N2C. The molecule has 1 unspecified atom stereocenters. The van der Waals surface area contributed by atoms with Gasteiger partial charge >= 0.3 is 6.03 Å². The molecule has 1 N–H and O–H groups in total. The summed E-state index contributed by atoms with van der Waals surface area (Å²) < 4.78 is 0. The van der Waals surface area contributed by atoms with Crippen LogP contribution in [0.2, 0.25) is 0 Å². The van der Waals surface area contributed by atoms with Gasteiger partial charge in [-0.05, 0) is 31.0 Å². The third-order valence-corrected chi connectivity index (χ3v) is 4.02. The number of hydrogen-bond acceptors (Lipinski definition) is 3. The second-order valence-corrected chi connectivity index (χ2v) is 5.48. The van der Waals surface area contributed by atoms with Gasteiger partial charge in [0, 0.05) is 31.8 Å². The van der Waals surface area contributed by atoms with E-state index < -0.39 is 0 Å². The van der Waals surface area contributed by atoms with E-state index >= 15 is 0 Å². The molecule has 2 heterocycles. The van der Waals surface area contributed by atoms with Gasteiger partial charge in [-0.25, -0.2) is 9.80 Å². The van der Waals surface area contributed by atoms with E-state index in [9.17, 15) is 9.59 Å². The highest BCUT2D eigenvalue weighted by Crippen LogP contribution is 2.28. The summed E-state index contributed by atoms with van der Waals surface area (Å²) in [6.45, 7) is 1.92. The van der Waals surface area contributed by atoms with Gasteiger partial charge < -0.3 is 10.2 Å². The van der Waals surface area contributed by atoms with Gasteiger partial charge in [-0.3, -0.25) is 4.79 Å². The molecule has 21 heavy (non-hydrogen) atoms. The second kappa shape index (κ2) is 4.87. The van der Waals surface area contributed by atoms with Crippen molar-refractivity contribution in [3.63, 3.8) is 0 Å². The van der Waals surface area contributed by atoms with Crippen LogP contribution in [0.25, 0.3) is 0 Å². The molecule has 0 saturated heterocycles. The Kier molecular flexibility index (Phi) is 3.16. The smallest absolute Gasteiger partial charge is 0.328 e. The largest absolute Gasteiger partial charge is 0.338 e. The van der Waals surface area contributed by atoms with Crippen molar-refractivity contribution in [2.45, 2.75) is 25.8 Å². The average molecular weight is 286 g/mol. The summed E-state index contributed by atoms with van der Waals surface area (Å²) in [6.07, 6.45) is 1.28. The van der Waals surface area contributed by atoms with E-state index in [4.69, 9.17) is 0 Å². The quantitative estimate of drug-likeness (QED) is 0.846. The molecule has 0 saturated carbocycles. The Balaban J connectivity index is 2.00. The fraction of sp³-hybridized carbons (Fsp3) is 0.400. The first-order valence-electron chi connectivity index (χ1n) is 7.00. The zero-order valence-corrected chi connectivity index (χ0v) is 12.4. The molecular formula is C15H18N4O2. The highest BCUT2D eigenvalue weighted by atomic mass is 16.2. The molecule has 3 rings (SSSR count). The van der Waals surface area contributed by atoms with Gasteiger partial charge in [-0.2, -0.15) is 5.10 Å². The lowest BCUT2D eigenvalue weighted by molar-refractivity contribution is -0.118. The number of carbonyl (C=O) groups excluding carboxylic acids is 2. The molecule has 110 valence electrons. The monoisotopic (exact) mass is 286 g/mol. The van der Waals surface area contributed by atoms with Crippen LogP contribution in [0.3, 0.4) is 0 Å². The van der Waals surface area contributed by atoms with E-state index in [1.54, 1.807) is 19.0 Å². The summed E-state index contributed by atoms with van der Waals surface area (Å²) in [5.74, 6) is 0.144. The number of urea groups is 1. The molecule has 1 aromatic rings. The van der Waals surface area contributed by atoms with Gasteiger partial charge in [0.15, 0.2) is 0 Å². The molecule has 0 radical (unpaired) electrons. The van der Waals surface area contributed by atoms with E-state index in [0.717, 1.165) is 28.9 Å². The van der Waals surface area contributed by atoms with Crippen LogP contribution >= 0.6 is 0 Å². The lowest BCUT2D eigenvalue weighted by Gasteiger charge is -2.29. The van der Waals surface area contributed by atoms with Gasteiger partial charge in [0.1, 0.15) is 0 Å². The van der Waals surface area contributed by atoms with Gasteiger partial charge in [0.25, 0.3) is 0 Å². The number of amides is 3. The summed E-state index contributed by atoms with van der Waals surface area (Å²) in [7, 11) is 3.43. The van der Waals surface area contributed by atoms with E-state index in [2.05, 4.69) is 16.5 Å². The minimum atomic E-state index is -0.199. The number of anilines is 1. The highest BCUT2D eigenvalue weighted by molar-refractivity contribution is 6.08. The standard InChI is InChI=1S/C15H18N4O2/c1-9-14(17-19(3)15(21)16-9)11-4-6-12-10(8-11)5-7-13(20)18(12)2/h4,6,8-9H,5,7H2,1-3H3,(H,16,21). The van der Waals surface area contributed by atoms with Gasteiger partial charge in [-0.15, -0.1) is 0 Å². The summed E-state index contributed by atoms with van der Waals surface area (Å²) in [5.41, 5.74) is 3.91. The van der Waals surface area contributed by atoms with Crippen LogP contribution < -0.4 is 10.2 Å². The molecule has 0 aliphatic carbocycles. The predicted octanol–water partition coefficient (Wildman–Crippen LogP) is 1.34. The van der Waals surface area contributed by atoms with Gasteiger partial charge in [-0.1, -0.05) is 6.07 Å². The molecule has 0 bridgehead atoms. The third-order valence-electron chi connectivity index (χ3n) is 4.02. The topological polar surface area (TPSA) is 65.0 Å². The number of rotatable bonds is 1.